The van der Waals surface area contributed by atoms with Crippen LogP contribution in [0.5, 0.6) is 0 Å². The van der Waals surface area contributed by atoms with E-state index in [-0.39, 0.29) is 5.91 Å². The molecule has 2 heterocycles. The predicted octanol–water partition coefficient (Wildman–Crippen LogP) is 2.91. The van der Waals surface area contributed by atoms with E-state index >= 15 is 0 Å². The third-order valence-electron chi connectivity index (χ3n) is 2.96. The van der Waals surface area contributed by atoms with Gasteiger partial charge in [-0.25, -0.2) is 4.98 Å². The number of amides is 1. The van der Waals surface area contributed by atoms with Crippen LogP contribution >= 0.6 is 22.9 Å². The first-order valence-electron chi connectivity index (χ1n) is 6.13. The quantitative estimate of drug-likeness (QED) is 0.805. The number of carbonyl (C=O) groups excluding carboxylic acids is 1. The summed E-state index contributed by atoms with van der Waals surface area (Å²) in [5, 5.41) is 5.60. The third kappa shape index (κ3) is 2.84. The van der Waals surface area contributed by atoms with E-state index in [1.807, 2.05) is 28.1 Å². The van der Waals surface area contributed by atoms with Crippen molar-refractivity contribution in [2.24, 2.45) is 0 Å². The molecule has 20 heavy (non-hydrogen) atoms. The molecule has 2 aromatic heterocycles. The Morgan fingerprint density at radius 3 is 2.95 bits per heavy atom. The van der Waals surface area contributed by atoms with Crippen LogP contribution in [0.25, 0.3) is 4.96 Å². The minimum Gasteiger partial charge on any atom is -0.350 e. The Kier molecular flexibility index (Phi) is 3.71. The number of thiazole rings is 1. The summed E-state index contributed by atoms with van der Waals surface area (Å²) in [5.74, 6) is -0.00760. The fraction of sp³-hybridized carbons (Fsp3) is 0.143. The summed E-state index contributed by atoms with van der Waals surface area (Å²) < 4.78 is 1.98. The van der Waals surface area contributed by atoms with Crippen molar-refractivity contribution in [2.75, 3.05) is 0 Å². The van der Waals surface area contributed by atoms with E-state index in [4.69, 9.17) is 11.6 Å². The Balaban J connectivity index is 1.59. The first-order valence-corrected chi connectivity index (χ1v) is 7.39. The lowest BCUT2D eigenvalue weighted by Gasteiger charge is -2.05. The maximum absolute atomic E-state index is 11.9. The monoisotopic (exact) mass is 305 g/mol. The molecule has 3 rings (SSSR count). The molecule has 0 bridgehead atoms. The molecule has 1 aromatic carbocycles. The molecule has 0 spiro atoms. The first kappa shape index (κ1) is 13.1. The fourth-order valence-electron chi connectivity index (χ4n) is 1.94. The largest absolute Gasteiger partial charge is 0.350 e. The molecule has 1 amide bonds. The highest BCUT2D eigenvalue weighted by atomic mass is 35.5. The standard InChI is InChI=1S/C14H12ClN3OS/c15-11-3-1-10(2-4-11)7-13(19)17-8-12-9-20-14-16-5-6-18(12)14/h1-6,9H,7-8H2,(H,17,19). The van der Waals surface area contributed by atoms with Crippen LogP contribution < -0.4 is 5.32 Å². The summed E-state index contributed by atoms with van der Waals surface area (Å²) in [6.07, 6.45) is 4.01. The van der Waals surface area contributed by atoms with Gasteiger partial charge in [0, 0.05) is 22.8 Å². The molecule has 0 unspecified atom stereocenters. The summed E-state index contributed by atoms with van der Waals surface area (Å²) in [6.45, 7) is 0.503. The molecule has 0 fully saturated rings. The van der Waals surface area contributed by atoms with E-state index in [1.165, 1.54) is 0 Å². The highest BCUT2D eigenvalue weighted by Gasteiger charge is 2.07. The van der Waals surface area contributed by atoms with E-state index in [0.29, 0.717) is 18.0 Å². The zero-order valence-electron chi connectivity index (χ0n) is 10.5. The van der Waals surface area contributed by atoms with E-state index in [2.05, 4.69) is 10.3 Å². The van der Waals surface area contributed by atoms with Crippen molar-refractivity contribution < 1.29 is 4.79 Å². The molecular weight excluding hydrogens is 294 g/mol. The number of imidazole rings is 1. The van der Waals surface area contributed by atoms with Gasteiger partial charge >= 0.3 is 0 Å². The summed E-state index contributed by atoms with van der Waals surface area (Å²) in [5.41, 5.74) is 1.98. The normalized spacial score (nSPS) is 10.8. The molecule has 0 aliphatic rings. The first-order chi connectivity index (χ1) is 9.72. The number of nitrogens with one attached hydrogen (secondary N) is 1. The lowest BCUT2D eigenvalue weighted by atomic mass is 10.1. The molecule has 4 nitrogen and oxygen atoms in total. The summed E-state index contributed by atoms with van der Waals surface area (Å²) >= 11 is 7.38. The van der Waals surface area contributed by atoms with Crippen LogP contribution in [0, 0.1) is 0 Å². The van der Waals surface area contributed by atoms with Crippen molar-refractivity contribution in [3.8, 4) is 0 Å². The zero-order valence-corrected chi connectivity index (χ0v) is 12.1. The Labute approximate surface area is 125 Å². The molecule has 0 radical (unpaired) electrons. The van der Waals surface area contributed by atoms with Crippen molar-refractivity contribution in [1.29, 1.82) is 0 Å². The van der Waals surface area contributed by atoms with Gasteiger partial charge in [0.2, 0.25) is 5.91 Å². The van der Waals surface area contributed by atoms with Gasteiger partial charge in [0.15, 0.2) is 4.96 Å². The summed E-state index contributed by atoms with van der Waals surface area (Å²) in [6, 6.07) is 7.30. The summed E-state index contributed by atoms with van der Waals surface area (Å²) in [4.78, 5) is 17.0. The molecule has 6 heteroatoms. The maximum atomic E-state index is 11.9. The van der Waals surface area contributed by atoms with Crippen LogP contribution in [0.3, 0.4) is 0 Å². The minimum atomic E-state index is -0.00760. The van der Waals surface area contributed by atoms with E-state index in [1.54, 1.807) is 29.7 Å². The highest BCUT2D eigenvalue weighted by molar-refractivity contribution is 7.15. The van der Waals surface area contributed by atoms with Crippen molar-refractivity contribution >= 4 is 33.8 Å². The second kappa shape index (κ2) is 5.64. The van der Waals surface area contributed by atoms with Crippen molar-refractivity contribution in [3.63, 3.8) is 0 Å². The topological polar surface area (TPSA) is 46.4 Å². The van der Waals surface area contributed by atoms with Gasteiger partial charge in [-0.15, -0.1) is 11.3 Å². The van der Waals surface area contributed by atoms with Crippen LogP contribution in [-0.2, 0) is 17.8 Å². The second-order valence-corrected chi connectivity index (χ2v) is 5.66. The van der Waals surface area contributed by atoms with Crippen LogP contribution in [0.2, 0.25) is 5.02 Å². The Hall–Kier alpha value is -1.85. The molecule has 0 saturated carbocycles. The number of rotatable bonds is 4. The number of carbonyl (C=O) groups is 1. The van der Waals surface area contributed by atoms with Crippen LogP contribution in [0.4, 0.5) is 0 Å². The van der Waals surface area contributed by atoms with Crippen LogP contribution in [-0.4, -0.2) is 15.3 Å². The van der Waals surface area contributed by atoms with E-state index < -0.39 is 0 Å². The third-order valence-corrected chi connectivity index (χ3v) is 4.12. The van der Waals surface area contributed by atoms with Crippen molar-refractivity contribution in [3.05, 3.63) is 58.3 Å². The van der Waals surface area contributed by atoms with Gasteiger partial charge in [0.1, 0.15) is 0 Å². The minimum absolute atomic E-state index is 0.00760. The number of halogens is 1. The van der Waals surface area contributed by atoms with Gasteiger partial charge in [-0.1, -0.05) is 23.7 Å². The van der Waals surface area contributed by atoms with Gasteiger partial charge < -0.3 is 5.32 Å². The molecule has 1 N–H and O–H groups in total. The molecule has 0 aliphatic heterocycles. The summed E-state index contributed by atoms with van der Waals surface area (Å²) in [7, 11) is 0. The van der Waals surface area contributed by atoms with Gasteiger partial charge in [0.05, 0.1) is 18.7 Å². The Morgan fingerprint density at radius 2 is 2.15 bits per heavy atom. The Bertz CT molecular complexity index is 732. The van der Waals surface area contributed by atoms with Crippen molar-refractivity contribution in [2.45, 2.75) is 13.0 Å². The SMILES string of the molecule is O=C(Cc1ccc(Cl)cc1)NCc1csc2nccn12. The number of hydrogen-bond acceptors (Lipinski definition) is 3. The number of aromatic nitrogens is 2. The lowest BCUT2D eigenvalue weighted by molar-refractivity contribution is -0.120. The van der Waals surface area contributed by atoms with Gasteiger partial charge in [0.25, 0.3) is 0 Å². The lowest BCUT2D eigenvalue weighted by Crippen LogP contribution is -2.25. The number of fused-ring (bicyclic) bond motifs is 1. The van der Waals surface area contributed by atoms with Crippen molar-refractivity contribution in [1.82, 2.24) is 14.7 Å². The fourth-order valence-corrected chi connectivity index (χ4v) is 2.92. The number of nitrogens with zero attached hydrogens (tertiary/aromatic N) is 2. The zero-order chi connectivity index (χ0) is 13.9. The van der Waals surface area contributed by atoms with E-state index in [0.717, 1.165) is 16.2 Å². The average molecular weight is 306 g/mol. The highest BCUT2D eigenvalue weighted by Crippen LogP contribution is 2.14. The molecule has 0 aliphatic carbocycles. The number of hydrogen-bond donors (Lipinski definition) is 1. The predicted molar refractivity (Wildman–Crippen MR) is 80.1 cm³/mol. The second-order valence-electron chi connectivity index (χ2n) is 4.39. The molecule has 0 atom stereocenters. The molecule has 102 valence electrons. The van der Waals surface area contributed by atoms with Crippen LogP contribution in [0.1, 0.15) is 11.3 Å². The van der Waals surface area contributed by atoms with E-state index in [9.17, 15) is 4.79 Å². The van der Waals surface area contributed by atoms with Crippen LogP contribution in [0.15, 0.2) is 42.0 Å². The molecule has 3 aromatic rings. The van der Waals surface area contributed by atoms with Gasteiger partial charge in [-0.3, -0.25) is 9.20 Å². The van der Waals surface area contributed by atoms with Gasteiger partial charge in [-0.05, 0) is 17.7 Å². The average Bonchev–Trinajstić information content (AvgIpc) is 3.02. The molecular formula is C14H12ClN3OS. The smallest absolute Gasteiger partial charge is 0.224 e. The maximum Gasteiger partial charge on any atom is 0.224 e. The Morgan fingerprint density at radius 1 is 1.35 bits per heavy atom. The number of benzene rings is 1. The molecule has 0 saturated heterocycles. The van der Waals surface area contributed by atoms with Gasteiger partial charge in [-0.2, -0.15) is 0 Å².